The largest absolute Gasteiger partial charge is 0.511 e. The van der Waals surface area contributed by atoms with Crippen molar-refractivity contribution in [3.05, 3.63) is 51.5 Å². The van der Waals surface area contributed by atoms with Crippen LogP contribution in [0.3, 0.4) is 0 Å². The molecular weight excluding hydrogens is 314 g/mol. The fraction of sp³-hybridized carbons (Fsp3) is 0. The third-order valence-electron chi connectivity index (χ3n) is 2.65. The van der Waals surface area contributed by atoms with Crippen LogP contribution in [0.2, 0.25) is 5.02 Å². The molecule has 0 aromatic heterocycles. The lowest BCUT2D eigenvalue weighted by Crippen LogP contribution is -2.06. The highest BCUT2D eigenvalue weighted by atomic mass is 35.5. The average Bonchev–Trinajstić information content (AvgIpc) is 2.43. The van der Waals surface area contributed by atoms with E-state index in [4.69, 9.17) is 22.4 Å². The quantitative estimate of drug-likeness (QED) is 0.257. The summed E-state index contributed by atoms with van der Waals surface area (Å²) in [7, 11) is 0. The minimum absolute atomic E-state index is 0.0228. The molecule has 0 aliphatic rings. The Morgan fingerprint density at radius 3 is 2.59 bits per heavy atom. The number of anilines is 3. The van der Waals surface area contributed by atoms with Gasteiger partial charge in [0.1, 0.15) is 0 Å². The molecule has 0 fully saturated rings. The summed E-state index contributed by atoms with van der Waals surface area (Å²) in [5.41, 5.74) is 6.31. The standard InChI is InChI=1S/C13H10ClN3O5/c14-7-1-4-12(22-13(18)19)11(5-7)16-10-3-2-8(17(20)21)6-9(10)15/h1-6,16H,15H2,(H,18,19). The van der Waals surface area contributed by atoms with Crippen molar-refractivity contribution in [1.82, 2.24) is 0 Å². The average molecular weight is 324 g/mol. The number of hydrogen-bond acceptors (Lipinski definition) is 6. The molecule has 2 rings (SSSR count). The minimum Gasteiger partial charge on any atom is -0.449 e. The second-order valence-corrected chi connectivity index (χ2v) is 4.60. The number of non-ortho nitro benzene ring substituents is 1. The monoisotopic (exact) mass is 323 g/mol. The zero-order valence-corrected chi connectivity index (χ0v) is 11.7. The van der Waals surface area contributed by atoms with Gasteiger partial charge >= 0.3 is 6.16 Å². The number of benzene rings is 2. The van der Waals surface area contributed by atoms with Gasteiger partial charge in [-0.1, -0.05) is 11.6 Å². The maximum atomic E-state index is 10.7. The molecule has 2 aromatic carbocycles. The highest BCUT2D eigenvalue weighted by Gasteiger charge is 2.13. The summed E-state index contributed by atoms with van der Waals surface area (Å²) in [5.74, 6) is 0.0228. The highest BCUT2D eigenvalue weighted by Crippen LogP contribution is 2.34. The van der Waals surface area contributed by atoms with E-state index >= 15 is 0 Å². The van der Waals surface area contributed by atoms with Crippen molar-refractivity contribution in [3.63, 3.8) is 0 Å². The van der Waals surface area contributed by atoms with E-state index < -0.39 is 11.1 Å². The number of carbonyl (C=O) groups is 1. The van der Waals surface area contributed by atoms with Crippen LogP contribution in [0.15, 0.2) is 36.4 Å². The van der Waals surface area contributed by atoms with E-state index in [0.717, 1.165) is 0 Å². The molecule has 0 aliphatic carbocycles. The molecule has 8 nitrogen and oxygen atoms in total. The normalized spacial score (nSPS) is 10.0. The third-order valence-corrected chi connectivity index (χ3v) is 2.89. The predicted octanol–water partition coefficient (Wildman–Crippen LogP) is 3.63. The number of nitro benzene ring substituents is 1. The van der Waals surface area contributed by atoms with E-state index in [1.165, 1.54) is 36.4 Å². The summed E-state index contributed by atoms with van der Waals surface area (Å²) in [6, 6.07) is 8.13. The van der Waals surface area contributed by atoms with Gasteiger partial charge in [0.25, 0.3) is 5.69 Å². The van der Waals surface area contributed by atoms with E-state index in [1.807, 2.05) is 0 Å². The summed E-state index contributed by atoms with van der Waals surface area (Å²) in [4.78, 5) is 20.8. The van der Waals surface area contributed by atoms with E-state index in [9.17, 15) is 14.9 Å². The highest BCUT2D eigenvalue weighted by molar-refractivity contribution is 6.31. The van der Waals surface area contributed by atoms with Gasteiger partial charge in [0.2, 0.25) is 0 Å². The van der Waals surface area contributed by atoms with Gasteiger partial charge in [-0.05, 0) is 24.3 Å². The molecule has 0 radical (unpaired) electrons. The molecule has 0 heterocycles. The second-order valence-electron chi connectivity index (χ2n) is 4.16. The molecule has 4 N–H and O–H groups in total. The maximum Gasteiger partial charge on any atom is 0.511 e. The third kappa shape index (κ3) is 3.55. The van der Waals surface area contributed by atoms with Crippen LogP contribution in [0, 0.1) is 10.1 Å². The Hall–Kier alpha value is -3.00. The van der Waals surface area contributed by atoms with Crippen molar-refractivity contribution in [3.8, 4) is 5.75 Å². The smallest absolute Gasteiger partial charge is 0.449 e. The Morgan fingerprint density at radius 2 is 2.00 bits per heavy atom. The number of hydrogen-bond donors (Lipinski definition) is 3. The fourth-order valence-corrected chi connectivity index (χ4v) is 1.88. The van der Waals surface area contributed by atoms with Crippen LogP contribution in [0.1, 0.15) is 0 Å². The number of nitrogens with zero attached hydrogens (tertiary/aromatic N) is 1. The van der Waals surface area contributed by atoms with Crippen LogP contribution in [-0.2, 0) is 0 Å². The Bertz CT molecular complexity index is 750. The number of halogens is 1. The number of rotatable bonds is 4. The number of nitrogen functional groups attached to an aromatic ring is 1. The molecule has 0 amide bonds. The molecule has 0 saturated heterocycles. The molecule has 22 heavy (non-hydrogen) atoms. The Kier molecular flexibility index (Phi) is 4.33. The van der Waals surface area contributed by atoms with Crippen molar-refractivity contribution >= 4 is 40.5 Å². The van der Waals surface area contributed by atoms with E-state index in [0.29, 0.717) is 10.7 Å². The lowest BCUT2D eigenvalue weighted by molar-refractivity contribution is -0.384. The van der Waals surface area contributed by atoms with E-state index in [2.05, 4.69) is 10.1 Å². The van der Waals surface area contributed by atoms with Gasteiger partial charge < -0.3 is 20.9 Å². The first kappa shape index (κ1) is 15.4. The maximum absolute atomic E-state index is 10.7. The molecule has 0 saturated carbocycles. The second kappa shape index (κ2) is 6.19. The van der Waals surface area contributed by atoms with Crippen LogP contribution in [-0.4, -0.2) is 16.2 Å². The van der Waals surface area contributed by atoms with Crippen molar-refractivity contribution in [2.75, 3.05) is 11.1 Å². The van der Waals surface area contributed by atoms with Gasteiger partial charge in [-0.2, -0.15) is 0 Å². The number of ether oxygens (including phenoxy) is 1. The Balaban J connectivity index is 2.36. The number of nitrogens with two attached hydrogens (primary N) is 1. The molecule has 9 heteroatoms. The van der Waals surface area contributed by atoms with Crippen LogP contribution in [0.5, 0.6) is 5.75 Å². The van der Waals surface area contributed by atoms with Gasteiger partial charge in [-0.25, -0.2) is 4.79 Å². The Labute approximate surface area is 129 Å². The molecule has 0 spiro atoms. The van der Waals surface area contributed by atoms with Crippen LogP contribution < -0.4 is 15.8 Å². The first-order valence-electron chi connectivity index (χ1n) is 5.88. The fourth-order valence-electron chi connectivity index (χ4n) is 1.71. The van der Waals surface area contributed by atoms with Crippen LogP contribution in [0.4, 0.5) is 27.5 Å². The van der Waals surface area contributed by atoms with Gasteiger partial charge in [0, 0.05) is 17.2 Å². The molecule has 0 atom stereocenters. The van der Waals surface area contributed by atoms with Gasteiger partial charge in [-0.3, -0.25) is 10.1 Å². The summed E-state index contributed by atoms with van der Waals surface area (Å²) in [5, 5.41) is 22.5. The zero-order chi connectivity index (χ0) is 16.3. The van der Waals surface area contributed by atoms with E-state index in [-0.39, 0.29) is 22.8 Å². The van der Waals surface area contributed by atoms with Crippen molar-refractivity contribution in [1.29, 1.82) is 0 Å². The van der Waals surface area contributed by atoms with Gasteiger partial charge in [-0.15, -0.1) is 0 Å². The predicted molar refractivity (Wildman–Crippen MR) is 80.9 cm³/mol. The molecule has 0 unspecified atom stereocenters. The Morgan fingerprint density at radius 1 is 1.27 bits per heavy atom. The van der Waals surface area contributed by atoms with Crippen LogP contribution >= 0.6 is 11.6 Å². The first-order chi connectivity index (χ1) is 10.4. The lowest BCUT2D eigenvalue weighted by atomic mass is 10.2. The summed E-state index contributed by atoms with van der Waals surface area (Å²) in [6.07, 6.45) is -1.48. The SMILES string of the molecule is Nc1cc([N+](=O)[O-])ccc1Nc1cc(Cl)ccc1OC(=O)O. The van der Waals surface area contributed by atoms with E-state index in [1.54, 1.807) is 0 Å². The molecule has 0 bridgehead atoms. The zero-order valence-electron chi connectivity index (χ0n) is 10.9. The van der Waals surface area contributed by atoms with Crippen molar-refractivity contribution in [2.45, 2.75) is 0 Å². The molecule has 2 aromatic rings. The first-order valence-corrected chi connectivity index (χ1v) is 6.26. The number of nitro groups is 1. The van der Waals surface area contributed by atoms with Crippen molar-refractivity contribution < 1.29 is 19.6 Å². The molecular formula is C13H10ClN3O5. The topological polar surface area (TPSA) is 128 Å². The van der Waals surface area contributed by atoms with Gasteiger partial charge in [0.05, 0.1) is 22.0 Å². The summed E-state index contributed by atoms with van der Waals surface area (Å²) >= 11 is 5.86. The van der Waals surface area contributed by atoms with Crippen molar-refractivity contribution in [2.24, 2.45) is 0 Å². The number of carboxylic acid groups (broad SMARTS) is 1. The summed E-state index contributed by atoms with van der Waals surface area (Å²) < 4.78 is 4.62. The molecule has 114 valence electrons. The van der Waals surface area contributed by atoms with Crippen LogP contribution in [0.25, 0.3) is 0 Å². The van der Waals surface area contributed by atoms with Gasteiger partial charge in [0.15, 0.2) is 5.75 Å². The summed E-state index contributed by atoms with van der Waals surface area (Å²) in [6.45, 7) is 0. The minimum atomic E-state index is -1.48. The number of nitrogens with one attached hydrogen (secondary N) is 1. The molecule has 0 aliphatic heterocycles. The lowest BCUT2D eigenvalue weighted by Gasteiger charge is -2.13.